The van der Waals surface area contributed by atoms with Gasteiger partial charge in [-0.05, 0) is 70.5 Å². The third kappa shape index (κ3) is 5.69. The van der Waals surface area contributed by atoms with E-state index < -0.39 is 0 Å². The molecule has 0 radical (unpaired) electrons. The molecular formula is C21H30ClN3O2S. The van der Waals surface area contributed by atoms with Crippen molar-refractivity contribution >= 4 is 29.7 Å². The zero-order chi connectivity index (χ0) is 19.2. The van der Waals surface area contributed by atoms with Crippen LogP contribution in [0.5, 0.6) is 5.75 Å². The summed E-state index contributed by atoms with van der Waals surface area (Å²) in [6.07, 6.45) is 3.14. The summed E-state index contributed by atoms with van der Waals surface area (Å²) in [5.74, 6) is 0.910. The number of aromatic nitrogens is 1. The maximum Gasteiger partial charge on any atom is 0.273 e. The number of thiazole rings is 1. The lowest BCUT2D eigenvalue weighted by molar-refractivity contribution is 0.0637. The topological polar surface area (TPSA) is 54.5 Å². The van der Waals surface area contributed by atoms with Crippen molar-refractivity contribution in [1.29, 1.82) is 0 Å². The third-order valence-corrected chi connectivity index (χ3v) is 5.56. The Hall–Kier alpha value is -1.63. The van der Waals surface area contributed by atoms with E-state index in [1.165, 1.54) is 11.3 Å². The molecule has 0 saturated carbocycles. The van der Waals surface area contributed by atoms with E-state index in [0.717, 1.165) is 55.2 Å². The second-order valence-corrected chi connectivity index (χ2v) is 8.07. The van der Waals surface area contributed by atoms with E-state index in [0.29, 0.717) is 11.7 Å². The quantitative estimate of drug-likeness (QED) is 0.705. The lowest BCUT2D eigenvalue weighted by atomic mass is 10.0. The molecule has 5 nitrogen and oxygen atoms in total. The first-order chi connectivity index (χ1) is 13.1. The Bertz CT molecular complexity index is 742. The number of halogens is 1. The van der Waals surface area contributed by atoms with Gasteiger partial charge in [-0.3, -0.25) is 4.79 Å². The molecule has 0 unspecified atom stereocenters. The molecule has 1 aliphatic heterocycles. The number of carbonyl (C=O) groups is 1. The van der Waals surface area contributed by atoms with E-state index in [-0.39, 0.29) is 24.4 Å². The van der Waals surface area contributed by atoms with Gasteiger partial charge in [-0.25, -0.2) is 4.98 Å². The molecule has 1 amide bonds. The molecule has 2 aromatic rings. The summed E-state index contributed by atoms with van der Waals surface area (Å²) in [7, 11) is 0. The zero-order valence-electron chi connectivity index (χ0n) is 16.8. The van der Waals surface area contributed by atoms with Crippen LogP contribution in [0.2, 0.25) is 0 Å². The second-order valence-electron chi connectivity index (χ2n) is 7.21. The van der Waals surface area contributed by atoms with Crippen molar-refractivity contribution in [2.75, 3.05) is 19.6 Å². The molecule has 154 valence electrons. The summed E-state index contributed by atoms with van der Waals surface area (Å²) in [5, 5.41) is 6.13. The number of hydrogen-bond donors (Lipinski definition) is 1. The van der Waals surface area contributed by atoms with E-state index in [1.807, 2.05) is 48.4 Å². The van der Waals surface area contributed by atoms with Gasteiger partial charge in [0.2, 0.25) is 0 Å². The van der Waals surface area contributed by atoms with Gasteiger partial charge in [0, 0.05) is 23.5 Å². The van der Waals surface area contributed by atoms with E-state index in [4.69, 9.17) is 4.74 Å². The van der Waals surface area contributed by atoms with Crippen LogP contribution in [0.1, 0.15) is 50.5 Å². The van der Waals surface area contributed by atoms with E-state index in [1.54, 1.807) is 0 Å². The Balaban J connectivity index is 0.00000280. The second kappa shape index (κ2) is 10.8. The van der Waals surface area contributed by atoms with Crippen LogP contribution < -0.4 is 10.1 Å². The molecule has 1 aromatic carbocycles. The van der Waals surface area contributed by atoms with Crippen molar-refractivity contribution < 1.29 is 9.53 Å². The molecule has 1 aliphatic rings. The van der Waals surface area contributed by atoms with Gasteiger partial charge in [0.1, 0.15) is 16.5 Å². The van der Waals surface area contributed by atoms with Gasteiger partial charge in [0.05, 0.1) is 6.10 Å². The van der Waals surface area contributed by atoms with Gasteiger partial charge >= 0.3 is 0 Å². The number of piperidine rings is 1. The summed E-state index contributed by atoms with van der Waals surface area (Å²) in [6.45, 7) is 8.89. The standard InChI is InChI=1S/C21H29N3O2S.ClH/c1-4-13-24(17-9-11-22-12-10-17)21(25)19-14-27-20(23-19)16-5-7-18(8-6-16)26-15(2)3;/h5-8,14-15,17,22H,4,9-13H2,1-3H3;1H. The minimum absolute atomic E-state index is 0. The Labute approximate surface area is 177 Å². The van der Waals surface area contributed by atoms with E-state index in [2.05, 4.69) is 17.2 Å². The minimum Gasteiger partial charge on any atom is -0.491 e. The minimum atomic E-state index is 0. The van der Waals surface area contributed by atoms with Crippen LogP contribution in [0, 0.1) is 0 Å². The van der Waals surface area contributed by atoms with Crippen LogP contribution >= 0.6 is 23.7 Å². The van der Waals surface area contributed by atoms with Gasteiger partial charge < -0.3 is 15.0 Å². The third-order valence-electron chi connectivity index (χ3n) is 4.67. The Morgan fingerprint density at radius 1 is 1.29 bits per heavy atom. The molecule has 28 heavy (non-hydrogen) atoms. The first-order valence-electron chi connectivity index (χ1n) is 9.82. The van der Waals surface area contributed by atoms with Crippen molar-refractivity contribution in [3.63, 3.8) is 0 Å². The predicted molar refractivity (Wildman–Crippen MR) is 118 cm³/mol. The zero-order valence-corrected chi connectivity index (χ0v) is 18.4. The van der Waals surface area contributed by atoms with E-state index >= 15 is 0 Å². The van der Waals surface area contributed by atoms with Crippen LogP contribution in [0.15, 0.2) is 29.6 Å². The first kappa shape index (κ1) is 22.7. The van der Waals surface area contributed by atoms with Crippen molar-refractivity contribution in [2.24, 2.45) is 0 Å². The van der Waals surface area contributed by atoms with Gasteiger partial charge in [-0.2, -0.15) is 0 Å². The molecule has 1 aromatic heterocycles. The number of rotatable bonds is 7. The van der Waals surface area contributed by atoms with Crippen LogP contribution in [0.4, 0.5) is 0 Å². The fraction of sp³-hybridized carbons (Fsp3) is 0.524. The average molecular weight is 424 g/mol. The SMILES string of the molecule is CCCN(C(=O)c1csc(-c2ccc(OC(C)C)cc2)n1)C1CCNCC1.Cl. The smallest absolute Gasteiger partial charge is 0.273 e. The van der Waals surface area contributed by atoms with Gasteiger partial charge in [-0.1, -0.05) is 6.92 Å². The number of benzene rings is 1. The predicted octanol–water partition coefficient (Wildman–Crippen LogP) is 4.62. The first-order valence-corrected chi connectivity index (χ1v) is 10.7. The van der Waals surface area contributed by atoms with Crippen LogP contribution in [0.3, 0.4) is 0 Å². The highest BCUT2D eigenvalue weighted by atomic mass is 35.5. The maximum atomic E-state index is 13.1. The van der Waals surface area contributed by atoms with Gasteiger partial charge in [-0.15, -0.1) is 23.7 Å². The summed E-state index contributed by atoms with van der Waals surface area (Å²) in [4.78, 5) is 19.8. The summed E-state index contributed by atoms with van der Waals surface area (Å²) in [6, 6.07) is 8.23. The summed E-state index contributed by atoms with van der Waals surface area (Å²) >= 11 is 1.52. The molecule has 1 saturated heterocycles. The normalized spacial score (nSPS) is 14.6. The molecule has 3 rings (SSSR count). The van der Waals surface area contributed by atoms with Crippen LogP contribution in [-0.2, 0) is 0 Å². The fourth-order valence-corrected chi connectivity index (χ4v) is 4.21. The lowest BCUT2D eigenvalue weighted by Crippen LogP contribution is -2.46. The highest BCUT2D eigenvalue weighted by Gasteiger charge is 2.27. The van der Waals surface area contributed by atoms with Crippen LogP contribution in [-0.4, -0.2) is 47.6 Å². The van der Waals surface area contributed by atoms with Crippen molar-refractivity contribution in [3.05, 3.63) is 35.3 Å². The molecule has 2 heterocycles. The molecule has 0 bridgehead atoms. The molecule has 0 atom stereocenters. The van der Waals surface area contributed by atoms with Crippen molar-refractivity contribution in [3.8, 4) is 16.3 Å². The summed E-state index contributed by atoms with van der Waals surface area (Å²) in [5.41, 5.74) is 1.57. The summed E-state index contributed by atoms with van der Waals surface area (Å²) < 4.78 is 5.69. The number of carbonyl (C=O) groups excluding carboxylic acids is 1. The molecular weight excluding hydrogens is 394 g/mol. The largest absolute Gasteiger partial charge is 0.491 e. The molecule has 0 aliphatic carbocycles. The van der Waals surface area contributed by atoms with Crippen molar-refractivity contribution in [1.82, 2.24) is 15.2 Å². The molecule has 0 spiro atoms. The Kier molecular flexibility index (Phi) is 8.73. The van der Waals surface area contributed by atoms with Gasteiger partial charge in [0.15, 0.2) is 0 Å². The lowest BCUT2D eigenvalue weighted by Gasteiger charge is -2.34. The Morgan fingerprint density at radius 2 is 1.96 bits per heavy atom. The number of hydrogen-bond acceptors (Lipinski definition) is 5. The number of amides is 1. The number of nitrogens with one attached hydrogen (secondary N) is 1. The average Bonchev–Trinajstić information content (AvgIpc) is 3.16. The molecule has 7 heteroatoms. The number of ether oxygens (including phenoxy) is 1. The molecule has 1 fully saturated rings. The highest BCUT2D eigenvalue weighted by Crippen LogP contribution is 2.27. The maximum absolute atomic E-state index is 13.1. The van der Waals surface area contributed by atoms with Crippen LogP contribution in [0.25, 0.3) is 10.6 Å². The monoisotopic (exact) mass is 423 g/mol. The van der Waals surface area contributed by atoms with E-state index in [9.17, 15) is 4.79 Å². The highest BCUT2D eigenvalue weighted by molar-refractivity contribution is 7.13. The van der Waals surface area contributed by atoms with Crippen molar-refractivity contribution in [2.45, 2.75) is 52.2 Å². The fourth-order valence-electron chi connectivity index (χ4n) is 3.41. The molecule has 1 N–H and O–H groups in total. The Morgan fingerprint density at radius 3 is 2.57 bits per heavy atom. The number of nitrogens with zero attached hydrogens (tertiary/aromatic N) is 2. The van der Waals surface area contributed by atoms with Gasteiger partial charge in [0.25, 0.3) is 5.91 Å².